The summed E-state index contributed by atoms with van der Waals surface area (Å²) in [5, 5.41) is 2.15. The lowest BCUT2D eigenvalue weighted by atomic mass is 10.1. The van der Waals surface area contributed by atoms with Crippen LogP contribution in [0.2, 0.25) is 4.34 Å². The summed E-state index contributed by atoms with van der Waals surface area (Å²) in [6.07, 6.45) is 1.01. The fraction of sp³-hybridized carbons (Fsp3) is 0.375. The lowest BCUT2D eigenvalue weighted by Crippen LogP contribution is -2.28. The minimum Gasteiger partial charge on any atom is -0.330 e. The Morgan fingerprint density at radius 2 is 2.05 bits per heavy atom. The minimum absolute atomic E-state index is 0.352. The van der Waals surface area contributed by atoms with E-state index < -0.39 is 0 Å². The second-order valence-electron chi connectivity index (χ2n) is 4.96. The summed E-state index contributed by atoms with van der Waals surface area (Å²) >= 11 is 7.65. The quantitative estimate of drug-likeness (QED) is 0.825. The maximum Gasteiger partial charge on any atom is 0.0931 e. The molecule has 1 aromatic carbocycles. The minimum atomic E-state index is 0.352. The molecule has 0 spiro atoms. The molecule has 1 unspecified atom stereocenters. The van der Waals surface area contributed by atoms with Crippen LogP contribution in [0.4, 0.5) is 0 Å². The Kier molecular flexibility index (Phi) is 6.05. The third-order valence-corrected chi connectivity index (χ3v) is 4.61. The predicted molar refractivity (Wildman–Crippen MR) is 88.3 cm³/mol. The summed E-state index contributed by atoms with van der Waals surface area (Å²) in [7, 11) is 0. The SMILES string of the molecule is CC(c1csc(Cl)c1)N(CCCN)Cc1ccccc1. The molecular formula is C16H21ClN2S. The second-order valence-corrected chi connectivity index (χ2v) is 6.50. The van der Waals surface area contributed by atoms with Crippen LogP contribution in [0.15, 0.2) is 41.8 Å². The highest BCUT2D eigenvalue weighted by Gasteiger charge is 2.17. The highest BCUT2D eigenvalue weighted by molar-refractivity contribution is 7.14. The summed E-state index contributed by atoms with van der Waals surface area (Å²) in [4.78, 5) is 2.46. The molecule has 108 valence electrons. The molecule has 2 N–H and O–H groups in total. The average Bonchev–Trinajstić information content (AvgIpc) is 2.90. The molecule has 1 aromatic heterocycles. The third kappa shape index (κ3) is 4.32. The van der Waals surface area contributed by atoms with Gasteiger partial charge in [0.1, 0.15) is 0 Å². The van der Waals surface area contributed by atoms with Crippen LogP contribution < -0.4 is 5.73 Å². The van der Waals surface area contributed by atoms with E-state index >= 15 is 0 Å². The number of hydrogen-bond acceptors (Lipinski definition) is 3. The van der Waals surface area contributed by atoms with Gasteiger partial charge in [-0.05, 0) is 42.5 Å². The zero-order chi connectivity index (χ0) is 14.4. The molecule has 0 radical (unpaired) electrons. The van der Waals surface area contributed by atoms with E-state index in [-0.39, 0.29) is 0 Å². The molecule has 0 aliphatic heterocycles. The van der Waals surface area contributed by atoms with E-state index in [1.54, 1.807) is 11.3 Å². The molecule has 0 bridgehead atoms. The zero-order valence-electron chi connectivity index (χ0n) is 11.8. The maximum atomic E-state index is 6.05. The van der Waals surface area contributed by atoms with Crippen LogP contribution in [0.3, 0.4) is 0 Å². The van der Waals surface area contributed by atoms with Crippen LogP contribution in [-0.4, -0.2) is 18.0 Å². The van der Waals surface area contributed by atoms with Crippen LogP contribution in [-0.2, 0) is 6.54 Å². The zero-order valence-corrected chi connectivity index (χ0v) is 13.3. The monoisotopic (exact) mass is 308 g/mol. The summed E-state index contributed by atoms with van der Waals surface area (Å²) in [6, 6.07) is 13.0. The average molecular weight is 309 g/mol. The van der Waals surface area contributed by atoms with E-state index in [0.29, 0.717) is 6.04 Å². The molecular weight excluding hydrogens is 288 g/mol. The number of nitrogens with zero attached hydrogens (tertiary/aromatic N) is 1. The van der Waals surface area contributed by atoms with Gasteiger partial charge in [0.05, 0.1) is 4.34 Å². The summed E-state index contributed by atoms with van der Waals surface area (Å²) in [6.45, 7) is 4.90. The fourth-order valence-electron chi connectivity index (χ4n) is 2.28. The highest BCUT2D eigenvalue weighted by Crippen LogP contribution is 2.29. The van der Waals surface area contributed by atoms with Crippen LogP contribution in [0.5, 0.6) is 0 Å². The Labute approximate surface area is 130 Å². The molecule has 4 heteroatoms. The lowest BCUT2D eigenvalue weighted by Gasteiger charge is -2.28. The molecule has 1 atom stereocenters. The molecule has 20 heavy (non-hydrogen) atoms. The Hall–Kier alpha value is -0.870. The first kappa shape index (κ1) is 15.5. The lowest BCUT2D eigenvalue weighted by molar-refractivity contribution is 0.200. The van der Waals surface area contributed by atoms with Crippen molar-refractivity contribution in [2.24, 2.45) is 5.73 Å². The Morgan fingerprint density at radius 1 is 1.30 bits per heavy atom. The van der Waals surface area contributed by atoms with Gasteiger partial charge in [-0.25, -0.2) is 0 Å². The Balaban J connectivity index is 2.10. The molecule has 0 fully saturated rings. The summed E-state index contributed by atoms with van der Waals surface area (Å²) in [5.41, 5.74) is 8.28. The van der Waals surface area contributed by atoms with Gasteiger partial charge >= 0.3 is 0 Å². The largest absolute Gasteiger partial charge is 0.330 e. The smallest absolute Gasteiger partial charge is 0.0931 e. The molecule has 0 saturated carbocycles. The van der Waals surface area contributed by atoms with Gasteiger partial charge in [0.15, 0.2) is 0 Å². The fourth-order valence-corrected chi connectivity index (χ4v) is 3.25. The number of nitrogens with two attached hydrogens (primary N) is 1. The molecule has 0 saturated heterocycles. The Bertz CT molecular complexity index is 512. The van der Waals surface area contributed by atoms with E-state index in [2.05, 4.69) is 53.6 Å². The van der Waals surface area contributed by atoms with E-state index in [0.717, 1.165) is 30.4 Å². The van der Waals surface area contributed by atoms with Crippen molar-refractivity contribution in [1.29, 1.82) is 0 Å². The van der Waals surface area contributed by atoms with Crippen LogP contribution in [0.25, 0.3) is 0 Å². The first-order valence-electron chi connectivity index (χ1n) is 6.92. The van der Waals surface area contributed by atoms with Crippen LogP contribution >= 0.6 is 22.9 Å². The van der Waals surface area contributed by atoms with E-state index in [4.69, 9.17) is 17.3 Å². The van der Waals surface area contributed by atoms with Gasteiger partial charge in [-0.2, -0.15) is 0 Å². The first-order chi connectivity index (χ1) is 9.70. The number of hydrogen-bond donors (Lipinski definition) is 1. The van der Waals surface area contributed by atoms with E-state index in [9.17, 15) is 0 Å². The van der Waals surface area contributed by atoms with Gasteiger partial charge in [0, 0.05) is 19.1 Å². The van der Waals surface area contributed by atoms with Gasteiger partial charge in [0.25, 0.3) is 0 Å². The Morgan fingerprint density at radius 3 is 2.65 bits per heavy atom. The molecule has 2 aromatic rings. The molecule has 0 aliphatic rings. The van der Waals surface area contributed by atoms with Crippen molar-refractivity contribution in [3.63, 3.8) is 0 Å². The maximum absolute atomic E-state index is 6.05. The van der Waals surface area contributed by atoms with Crippen molar-refractivity contribution in [3.8, 4) is 0 Å². The standard InChI is InChI=1S/C16H21ClN2S/c1-13(15-10-16(17)20-12-15)19(9-5-8-18)11-14-6-3-2-4-7-14/h2-4,6-7,10,12-13H,5,8-9,11,18H2,1H3. The number of benzene rings is 1. The van der Waals surface area contributed by atoms with E-state index in [1.807, 2.05) is 0 Å². The topological polar surface area (TPSA) is 29.3 Å². The third-order valence-electron chi connectivity index (χ3n) is 3.50. The normalized spacial score (nSPS) is 12.8. The van der Waals surface area contributed by atoms with Gasteiger partial charge in [-0.3, -0.25) is 4.90 Å². The van der Waals surface area contributed by atoms with Crippen molar-refractivity contribution in [2.75, 3.05) is 13.1 Å². The van der Waals surface area contributed by atoms with Crippen molar-refractivity contribution in [1.82, 2.24) is 4.90 Å². The van der Waals surface area contributed by atoms with Crippen molar-refractivity contribution in [2.45, 2.75) is 25.9 Å². The summed E-state index contributed by atoms with van der Waals surface area (Å²) < 4.78 is 0.852. The number of thiophene rings is 1. The number of halogens is 1. The predicted octanol–water partition coefficient (Wildman–Crippen LogP) is 4.31. The van der Waals surface area contributed by atoms with Gasteiger partial charge in [-0.15, -0.1) is 11.3 Å². The van der Waals surface area contributed by atoms with Gasteiger partial charge in [-0.1, -0.05) is 41.9 Å². The van der Waals surface area contributed by atoms with Gasteiger partial charge < -0.3 is 5.73 Å². The molecule has 0 amide bonds. The molecule has 0 aliphatic carbocycles. The molecule has 2 nitrogen and oxygen atoms in total. The van der Waals surface area contributed by atoms with Gasteiger partial charge in [0.2, 0.25) is 0 Å². The van der Waals surface area contributed by atoms with Crippen molar-refractivity contribution in [3.05, 3.63) is 57.2 Å². The van der Waals surface area contributed by atoms with E-state index in [1.165, 1.54) is 11.1 Å². The molecule has 1 heterocycles. The van der Waals surface area contributed by atoms with Crippen molar-refractivity contribution >= 4 is 22.9 Å². The second kappa shape index (κ2) is 7.79. The van der Waals surface area contributed by atoms with Crippen LogP contribution in [0.1, 0.15) is 30.5 Å². The number of rotatable bonds is 7. The van der Waals surface area contributed by atoms with Crippen LogP contribution in [0, 0.1) is 0 Å². The highest BCUT2D eigenvalue weighted by atomic mass is 35.5. The first-order valence-corrected chi connectivity index (χ1v) is 8.18. The molecule has 2 rings (SSSR count). The summed E-state index contributed by atoms with van der Waals surface area (Å²) in [5.74, 6) is 0. The van der Waals surface area contributed by atoms with Crippen molar-refractivity contribution < 1.29 is 0 Å².